The van der Waals surface area contributed by atoms with Gasteiger partial charge in [-0.2, -0.15) is 0 Å². The topological polar surface area (TPSA) is 123 Å². The smallest absolute Gasteiger partial charge is 0.309 e. The molecule has 1 saturated carbocycles. The maximum Gasteiger partial charge on any atom is 0.309 e. The molecule has 11 atom stereocenters. The standard InChI is InChI=1S/C32H52O8/c1-9-27(38-8)22(5)25-18-26(25)30(36)19(2)11-10-12-20(3)31-21(4)13-14-28(39-23(6)33)32(7,37)16-15-24(34)17-29(35)40-31/h10-14,19,21-22,24-28,30-31,34,36-37H,9,15-18H2,1-8H3/b11-10+,14-13+,20-12+/t19-,21+,22+,24-,25+,26+,27+,28+,30-,31-,32-/m1/s1. The van der Waals surface area contributed by atoms with E-state index in [1.807, 2.05) is 39.0 Å². The van der Waals surface area contributed by atoms with Crippen molar-refractivity contribution in [3.8, 4) is 0 Å². The Labute approximate surface area is 240 Å². The van der Waals surface area contributed by atoms with Crippen molar-refractivity contribution >= 4 is 11.9 Å². The number of cyclic esters (lactones) is 1. The van der Waals surface area contributed by atoms with E-state index in [2.05, 4.69) is 13.8 Å². The predicted molar refractivity (Wildman–Crippen MR) is 154 cm³/mol. The minimum Gasteiger partial charge on any atom is -0.457 e. The Kier molecular flexibility index (Phi) is 13.1. The number of methoxy groups -OCH3 is 1. The molecule has 0 spiro atoms. The molecule has 8 nitrogen and oxygen atoms in total. The number of ether oxygens (including phenoxy) is 3. The Morgan fingerprint density at radius 1 is 1.25 bits per heavy atom. The maximum atomic E-state index is 12.6. The van der Waals surface area contributed by atoms with E-state index in [1.54, 1.807) is 26.2 Å². The van der Waals surface area contributed by atoms with Crippen LogP contribution in [-0.2, 0) is 23.8 Å². The van der Waals surface area contributed by atoms with E-state index in [9.17, 15) is 24.9 Å². The summed E-state index contributed by atoms with van der Waals surface area (Å²) >= 11 is 0. The second-order valence-corrected chi connectivity index (χ2v) is 12.2. The number of esters is 2. The van der Waals surface area contributed by atoms with Gasteiger partial charge in [0.05, 0.1) is 24.7 Å². The van der Waals surface area contributed by atoms with Crippen LogP contribution in [0.25, 0.3) is 0 Å². The van der Waals surface area contributed by atoms with Gasteiger partial charge in [-0.1, -0.05) is 52.0 Å². The van der Waals surface area contributed by atoms with Gasteiger partial charge in [-0.3, -0.25) is 9.59 Å². The van der Waals surface area contributed by atoms with Crippen molar-refractivity contribution in [1.29, 1.82) is 0 Å². The maximum absolute atomic E-state index is 12.6. The summed E-state index contributed by atoms with van der Waals surface area (Å²) in [6, 6.07) is 0. The molecule has 0 aromatic carbocycles. The van der Waals surface area contributed by atoms with Crippen LogP contribution in [0.4, 0.5) is 0 Å². The summed E-state index contributed by atoms with van der Waals surface area (Å²) in [5, 5.41) is 32.3. The van der Waals surface area contributed by atoms with Crippen LogP contribution in [-0.4, -0.2) is 70.5 Å². The van der Waals surface area contributed by atoms with Crippen LogP contribution in [0, 0.1) is 29.6 Å². The van der Waals surface area contributed by atoms with Gasteiger partial charge in [-0.25, -0.2) is 0 Å². The Hall–Kier alpha value is -2.00. The lowest BCUT2D eigenvalue weighted by Gasteiger charge is -2.32. The van der Waals surface area contributed by atoms with Crippen molar-refractivity contribution in [3.05, 3.63) is 36.0 Å². The highest BCUT2D eigenvalue weighted by molar-refractivity contribution is 5.70. The molecule has 0 amide bonds. The van der Waals surface area contributed by atoms with Crippen LogP contribution in [0.15, 0.2) is 36.0 Å². The third-order valence-corrected chi connectivity index (χ3v) is 8.68. The van der Waals surface area contributed by atoms with Crippen LogP contribution in [0.5, 0.6) is 0 Å². The molecule has 0 saturated heterocycles. The van der Waals surface area contributed by atoms with E-state index in [1.165, 1.54) is 6.92 Å². The molecule has 0 aromatic heterocycles. The second-order valence-electron chi connectivity index (χ2n) is 12.2. The first-order chi connectivity index (χ1) is 18.7. The number of rotatable bonds is 10. The number of aliphatic hydroxyl groups excluding tert-OH is 2. The summed E-state index contributed by atoms with van der Waals surface area (Å²) in [7, 11) is 1.75. The molecule has 0 unspecified atom stereocenters. The molecule has 3 N–H and O–H groups in total. The molecule has 2 aliphatic rings. The summed E-state index contributed by atoms with van der Waals surface area (Å²) < 4.78 is 16.8. The van der Waals surface area contributed by atoms with Gasteiger partial charge in [0, 0.05) is 25.9 Å². The summed E-state index contributed by atoms with van der Waals surface area (Å²) in [5.74, 6) is -0.272. The van der Waals surface area contributed by atoms with Crippen LogP contribution in [0.2, 0.25) is 0 Å². The molecule has 228 valence electrons. The second kappa shape index (κ2) is 15.3. The van der Waals surface area contributed by atoms with Gasteiger partial charge in [-0.05, 0) is 68.9 Å². The molecule has 0 bridgehead atoms. The van der Waals surface area contributed by atoms with Gasteiger partial charge in [0.25, 0.3) is 0 Å². The van der Waals surface area contributed by atoms with Crippen LogP contribution >= 0.6 is 0 Å². The van der Waals surface area contributed by atoms with Crippen LogP contribution < -0.4 is 0 Å². The largest absolute Gasteiger partial charge is 0.457 e. The van der Waals surface area contributed by atoms with E-state index in [4.69, 9.17) is 14.2 Å². The molecule has 1 aliphatic heterocycles. The Balaban J connectivity index is 2.16. The molecule has 0 radical (unpaired) electrons. The number of carbonyl (C=O) groups excluding carboxylic acids is 2. The van der Waals surface area contributed by atoms with Gasteiger partial charge in [-0.15, -0.1) is 0 Å². The Bertz CT molecular complexity index is 918. The third-order valence-electron chi connectivity index (χ3n) is 8.68. The highest BCUT2D eigenvalue weighted by Gasteiger charge is 2.48. The first kappa shape index (κ1) is 34.2. The van der Waals surface area contributed by atoms with E-state index in [0.29, 0.717) is 11.8 Å². The highest BCUT2D eigenvalue weighted by Crippen LogP contribution is 2.49. The SMILES string of the molecule is CC[C@H](OC)[C@@H](C)[C@@H]1C[C@@H]1[C@H](O)[C@H](C)/C=C/C=C(\C)[C@H]1OC(=O)C[C@H](O)CC[C@@](C)(O)[C@@H](OC(C)=O)/C=C/[C@@H]1C. The van der Waals surface area contributed by atoms with Gasteiger partial charge in [0.2, 0.25) is 0 Å². The lowest BCUT2D eigenvalue weighted by atomic mass is 9.88. The number of hydrogen-bond donors (Lipinski definition) is 3. The van der Waals surface area contributed by atoms with E-state index >= 15 is 0 Å². The fourth-order valence-corrected chi connectivity index (χ4v) is 5.87. The van der Waals surface area contributed by atoms with Gasteiger partial charge in [0.1, 0.15) is 17.8 Å². The fourth-order valence-electron chi connectivity index (χ4n) is 5.87. The van der Waals surface area contributed by atoms with Crippen molar-refractivity contribution in [2.45, 2.75) is 117 Å². The zero-order valence-corrected chi connectivity index (χ0v) is 25.6. The van der Waals surface area contributed by atoms with Crippen molar-refractivity contribution in [3.63, 3.8) is 0 Å². The summed E-state index contributed by atoms with van der Waals surface area (Å²) in [5.41, 5.74) is -0.625. The molecule has 1 aliphatic carbocycles. The number of hydrogen-bond acceptors (Lipinski definition) is 8. The molecule has 8 heteroatoms. The minimum atomic E-state index is -1.41. The highest BCUT2D eigenvalue weighted by atomic mass is 16.6. The zero-order chi connectivity index (χ0) is 30.2. The lowest BCUT2D eigenvalue weighted by Crippen LogP contribution is -2.42. The number of allylic oxidation sites excluding steroid dienone is 2. The lowest BCUT2D eigenvalue weighted by molar-refractivity contribution is -0.157. The number of aliphatic hydroxyl groups is 3. The Morgan fingerprint density at radius 2 is 1.93 bits per heavy atom. The van der Waals surface area contributed by atoms with E-state index in [-0.39, 0.29) is 43.1 Å². The Morgan fingerprint density at radius 3 is 2.52 bits per heavy atom. The van der Waals surface area contributed by atoms with Crippen LogP contribution in [0.1, 0.15) is 80.6 Å². The fraction of sp³-hybridized carbons (Fsp3) is 0.750. The van der Waals surface area contributed by atoms with Crippen molar-refractivity contribution in [1.82, 2.24) is 0 Å². The average Bonchev–Trinajstić information content (AvgIpc) is 3.68. The average molecular weight is 565 g/mol. The molecule has 1 heterocycles. The third kappa shape index (κ3) is 9.82. The van der Waals surface area contributed by atoms with Crippen LogP contribution in [0.3, 0.4) is 0 Å². The van der Waals surface area contributed by atoms with Gasteiger partial charge in [0.15, 0.2) is 0 Å². The molecule has 1 fully saturated rings. The minimum absolute atomic E-state index is 0.0492. The summed E-state index contributed by atoms with van der Waals surface area (Å²) in [4.78, 5) is 24.3. The molecule has 40 heavy (non-hydrogen) atoms. The van der Waals surface area contributed by atoms with Crippen molar-refractivity contribution < 1.29 is 39.1 Å². The predicted octanol–water partition coefficient (Wildman–Crippen LogP) is 4.51. The molecular formula is C32H52O8. The first-order valence-electron chi connectivity index (χ1n) is 14.7. The molecule has 2 rings (SSSR count). The van der Waals surface area contributed by atoms with Gasteiger partial charge >= 0.3 is 11.9 Å². The normalized spacial score (nSPS) is 36.0. The van der Waals surface area contributed by atoms with E-state index < -0.39 is 42.0 Å². The van der Waals surface area contributed by atoms with Gasteiger partial charge < -0.3 is 29.5 Å². The number of carbonyl (C=O) groups is 2. The summed E-state index contributed by atoms with van der Waals surface area (Å²) in [6.07, 6.45) is 8.42. The molecular weight excluding hydrogens is 512 g/mol. The quantitative estimate of drug-likeness (QED) is 0.201. The van der Waals surface area contributed by atoms with E-state index in [0.717, 1.165) is 18.4 Å². The monoisotopic (exact) mass is 564 g/mol. The molecule has 0 aromatic rings. The zero-order valence-electron chi connectivity index (χ0n) is 25.6. The van der Waals surface area contributed by atoms with Crippen molar-refractivity contribution in [2.75, 3.05) is 7.11 Å². The van der Waals surface area contributed by atoms with Crippen molar-refractivity contribution in [2.24, 2.45) is 29.6 Å². The first-order valence-corrected chi connectivity index (χ1v) is 14.7. The summed E-state index contributed by atoms with van der Waals surface area (Å²) in [6.45, 7) is 12.9.